The third-order valence-electron chi connectivity index (χ3n) is 13.3. The van der Waals surface area contributed by atoms with Crippen LogP contribution in [0.3, 0.4) is 0 Å². The fourth-order valence-electron chi connectivity index (χ4n) is 8.54. The summed E-state index contributed by atoms with van der Waals surface area (Å²) in [4.78, 5) is 38.3. The number of unbranched alkanes of at least 4 members (excludes halogenated alkanes) is 22. The average Bonchev–Trinajstić information content (AvgIpc) is 3.45. The van der Waals surface area contributed by atoms with Gasteiger partial charge in [-0.25, -0.2) is 0 Å². The highest BCUT2D eigenvalue weighted by Gasteiger charge is 2.19. The highest BCUT2D eigenvalue weighted by atomic mass is 16.6. The predicted octanol–water partition coefficient (Wildman–Crippen LogP) is 22.3. The number of ether oxygens (including phenoxy) is 3. The third kappa shape index (κ3) is 64.0. The number of esters is 3. The number of carbonyl (C=O) groups is 3. The molecule has 79 heavy (non-hydrogen) atoms. The second-order valence-corrected chi connectivity index (χ2v) is 20.9. The van der Waals surface area contributed by atoms with Crippen molar-refractivity contribution < 1.29 is 28.6 Å². The molecule has 0 aliphatic rings. The molecule has 1 unspecified atom stereocenters. The van der Waals surface area contributed by atoms with Gasteiger partial charge in [-0.2, -0.15) is 0 Å². The Morgan fingerprint density at radius 2 is 0.506 bits per heavy atom. The molecular weight excluding hydrogens is 973 g/mol. The van der Waals surface area contributed by atoms with E-state index >= 15 is 0 Å². The van der Waals surface area contributed by atoms with Gasteiger partial charge in [0.25, 0.3) is 0 Å². The van der Waals surface area contributed by atoms with E-state index in [-0.39, 0.29) is 37.5 Å². The van der Waals surface area contributed by atoms with E-state index < -0.39 is 6.10 Å². The summed E-state index contributed by atoms with van der Waals surface area (Å²) in [6.45, 7) is 6.33. The number of allylic oxidation sites excluding steroid dienone is 24. The van der Waals surface area contributed by atoms with Crippen LogP contribution >= 0.6 is 0 Å². The fraction of sp³-hybridized carbons (Fsp3) is 0.630. The van der Waals surface area contributed by atoms with Gasteiger partial charge in [0, 0.05) is 19.3 Å². The van der Waals surface area contributed by atoms with Crippen molar-refractivity contribution in [2.75, 3.05) is 13.2 Å². The van der Waals surface area contributed by atoms with E-state index in [9.17, 15) is 14.4 Å². The maximum absolute atomic E-state index is 12.9. The molecule has 0 aliphatic heterocycles. The van der Waals surface area contributed by atoms with Gasteiger partial charge in [0.15, 0.2) is 6.10 Å². The predicted molar refractivity (Wildman–Crippen MR) is 343 cm³/mol. The first-order chi connectivity index (χ1) is 39.0. The fourth-order valence-corrected chi connectivity index (χ4v) is 8.54. The van der Waals surface area contributed by atoms with E-state index in [1.165, 1.54) is 109 Å². The zero-order valence-corrected chi connectivity index (χ0v) is 51.1. The molecule has 0 aromatic carbocycles. The molecule has 0 heterocycles. The maximum Gasteiger partial charge on any atom is 0.306 e. The molecule has 0 saturated carbocycles. The van der Waals surface area contributed by atoms with Crippen LogP contribution in [-0.4, -0.2) is 37.2 Å². The Kier molecular flexibility index (Phi) is 61.9. The molecular formula is C73H118O6. The second kappa shape index (κ2) is 65.8. The Labute approximate surface area is 487 Å². The molecule has 0 bridgehead atoms. The molecule has 0 rings (SSSR count). The van der Waals surface area contributed by atoms with Crippen LogP contribution in [0.4, 0.5) is 0 Å². The molecule has 0 aliphatic carbocycles. The third-order valence-corrected chi connectivity index (χ3v) is 13.3. The molecule has 0 aromatic heterocycles. The van der Waals surface area contributed by atoms with Gasteiger partial charge in [-0.3, -0.25) is 14.4 Å². The van der Waals surface area contributed by atoms with Gasteiger partial charge >= 0.3 is 17.9 Å². The number of rotatable bonds is 57. The summed E-state index contributed by atoms with van der Waals surface area (Å²) < 4.78 is 16.8. The first-order valence-corrected chi connectivity index (χ1v) is 32.3. The van der Waals surface area contributed by atoms with Crippen LogP contribution in [0.5, 0.6) is 0 Å². The minimum atomic E-state index is -0.828. The van der Waals surface area contributed by atoms with Gasteiger partial charge in [-0.15, -0.1) is 0 Å². The van der Waals surface area contributed by atoms with E-state index in [0.29, 0.717) is 19.3 Å². The minimum Gasteiger partial charge on any atom is -0.462 e. The Hall–Kier alpha value is -4.71. The Morgan fingerprint density at radius 3 is 0.823 bits per heavy atom. The molecule has 6 nitrogen and oxygen atoms in total. The lowest BCUT2D eigenvalue weighted by Gasteiger charge is -2.18. The highest BCUT2D eigenvalue weighted by Crippen LogP contribution is 2.15. The van der Waals surface area contributed by atoms with E-state index in [1.807, 2.05) is 0 Å². The first-order valence-electron chi connectivity index (χ1n) is 32.3. The van der Waals surface area contributed by atoms with Gasteiger partial charge in [0.05, 0.1) is 0 Å². The maximum atomic E-state index is 12.9. The largest absolute Gasteiger partial charge is 0.462 e. The lowest BCUT2D eigenvalue weighted by molar-refractivity contribution is -0.167. The Bertz CT molecular complexity index is 1730. The van der Waals surface area contributed by atoms with Crippen molar-refractivity contribution in [3.63, 3.8) is 0 Å². The summed E-state index contributed by atoms with van der Waals surface area (Å²) in [5.41, 5.74) is 0. The molecule has 0 spiro atoms. The summed E-state index contributed by atoms with van der Waals surface area (Å²) in [5.74, 6) is -1.01. The SMILES string of the molecule is CC/C=C\C/C=C\C/C=C\C/C=C\C/C=C\C/C=C\C/C=C\CCCC(=O)OC(COC(=O)CCCCC/C=C\C/C=C\C/C=C\CC)COC(=O)CCCCCCCCCCCCCCC/C=C\C/C=C\CCCCCCC. The van der Waals surface area contributed by atoms with Crippen molar-refractivity contribution in [2.45, 2.75) is 284 Å². The molecule has 0 fully saturated rings. The van der Waals surface area contributed by atoms with Gasteiger partial charge in [-0.1, -0.05) is 269 Å². The molecule has 0 radical (unpaired) electrons. The lowest BCUT2D eigenvalue weighted by atomic mass is 10.0. The van der Waals surface area contributed by atoms with Crippen LogP contribution in [0.25, 0.3) is 0 Å². The summed E-state index contributed by atoms with van der Waals surface area (Å²) in [6.07, 6.45) is 94.4. The topological polar surface area (TPSA) is 78.9 Å². The highest BCUT2D eigenvalue weighted by molar-refractivity contribution is 5.71. The van der Waals surface area contributed by atoms with Gasteiger partial charge in [0.1, 0.15) is 13.2 Å². The zero-order chi connectivity index (χ0) is 57.1. The van der Waals surface area contributed by atoms with E-state index in [4.69, 9.17) is 14.2 Å². The molecule has 1 atom stereocenters. The van der Waals surface area contributed by atoms with Crippen LogP contribution in [0.15, 0.2) is 146 Å². The van der Waals surface area contributed by atoms with Crippen LogP contribution in [0, 0.1) is 0 Å². The number of hydrogen-bond donors (Lipinski definition) is 0. The quantitative estimate of drug-likeness (QED) is 0.0261. The van der Waals surface area contributed by atoms with E-state index in [0.717, 1.165) is 122 Å². The standard InChI is InChI=1S/C73H118O6/c1-4-7-10-13-16-19-22-25-27-29-31-33-35-36-38-39-41-43-45-48-51-54-57-60-63-66-72(75)78-69-70(68-77-71(74)65-62-59-56-53-50-47-24-21-18-15-12-9-6-3)79-73(76)67-64-61-58-55-52-49-46-44-42-40-37-34-32-30-28-26-23-20-17-14-11-8-5-2/h8-9,11-12,17-18,20-22,25-26,28-29,31-32,34,40,42,46-47,49-50,55,58,70H,4-7,10,13-16,19,23-24,27,30,33,35-39,41,43-45,48,51-54,56-57,59-69H2,1-3H3/b11-8-,12-9-,20-17-,21-18-,25-22-,28-26-,31-29-,34-32-,42-40-,49-46-,50-47-,58-55-. The van der Waals surface area contributed by atoms with Crippen molar-refractivity contribution in [3.05, 3.63) is 146 Å². The Balaban J connectivity index is 4.44. The first kappa shape index (κ1) is 74.3. The summed E-state index contributed by atoms with van der Waals surface area (Å²) in [6, 6.07) is 0. The van der Waals surface area contributed by atoms with Gasteiger partial charge in [-0.05, 0) is 135 Å². The normalized spacial score (nSPS) is 13.1. The monoisotopic (exact) mass is 1090 g/mol. The van der Waals surface area contributed by atoms with Crippen molar-refractivity contribution >= 4 is 17.9 Å². The zero-order valence-electron chi connectivity index (χ0n) is 51.1. The van der Waals surface area contributed by atoms with Crippen LogP contribution in [0.2, 0.25) is 0 Å². The van der Waals surface area contributed by atoms with Crippen LogP contribution < -0.4 is 0 Å². The average molecular weight is 1090 g/mol. The Morgan fingerprint density at radius 1 is 0.266 bits per heavy atom. The van der Waals surface area contributed by atoms with Gasteiger partial charge in [0.2, 0.25) is 0 Å². The number of carbonyl (C=O) groups excluding carboxylic acids is 3. The van der Waals surface area contributed by atoms with E-state index in [2.05, 4.69) is 167 Å². The van der Waals surface area contributed by atoms with Gasteiger partial charge < -0.3 is 14.2 Å². The second-order valence-electron chi connectivity index (χ2n) is 20.9. The van der Waals surface area contributed by atoms with Crippen molar-refractivity contribution in [1.29, 1.82) is 0 Å². The summed E-state index contributed by atoms with van der Waals surface area (Å²) in [7, 11) is 0. The summed E-state index contributed by atoms with van der Waals surface area (Å²) in [5, 5.41) is 0. The van der Waals surface area contributed by atoms with Crippen molar-refractivity contribution in [3.8, 4) is 0 Å². The summed E-state index contributed by atoms with van der Waals surface area (Å²) >= 11 is 0. The van der Waals surface area contributed by atoms with E-state index in [1.54, 1.807) is 0 Å². The van der Waals surface area contributed by atoms with Crippen molar-refractivity contribution in [1.82, 2.24) is 0 Å². The van der Waals surface area contributed by atoms with Crippen LogP contribution in [-0.2, 0) is 28.6 Å². The van der Waals surface area contributed by atoms with Crippen LogP contribution in [0.1, 0.15) is 278 Å². The molecule has 446 valence electrons. The lowest BCUT2D eigenvalue weighted by Crippen LogP contribution is -2.30. The number of hydrogen-bond acceptors (Lipinski definition) is 6. The molecule has 0 aromatic rings. The molecule has 0 N–H and O–H groups in total. The minimum absolute atomic E-state index is 0.116. The molecule has 0 amide bonds. The molecule has 6 heteroatoms. The van der Waals surface area contributed by atoms with Crippen molar-refractivity contribution in [2.24, 2.45) is 0 Å². The molecule has 0 saturated heterocycles. The smallest absolute Gasteiger partial charge is 0.306 e.